The van der Waals surface area contributed by atoms with Gasteiger partial charge in [-0.25, -0.2) is 0 Å². The number of hydrogen-bond donors (Lipinski definition) is 0. The first kappa shape index (κ1) is 15.2. The van der Waals surface area contributed by atoms with Gasteiger partial charge in [0.05, 0.1) is 11.9 Å². The van der Waals surface area contributed by atoms with E-state index in [0.717, 1.165) is 15.6 Å². The van der Waals surface area contributed by atoms with Crippen LogP contribution in [-0.2, 0) is 15.3 Å². The number of ether oxygens (including phenoxy) is 2. The molecule has 1 fully saturated rings. The van der Waals surface area contributed by atoms with Crippen LogP contribution >= 0.6 is 31.9 Å². The van der Waals surface area contributed by atoms with Gasteiger partial charge in [0.1, 0.15) is 6.10 Å². The quantitative estimate of drug-likeness (QED) is 0.654. The Morgan fingerprint density at radius 3 is 2.38 bits per heavy atom. The molecule has 0 spiro atoms. The summed E-state index contributed by atoms with van der Waals surface area (Å²) < 4.78 is 13.4. The van der Waals surface area contributed by atoms with Gasteiger partial charge in [0.2, 0.25) is 5.79 Å². The SMILES string of the molecule is Cc1ccc([C@@]2(CBr)OC[C@H](c3ccc(Br)cc3)O2)cc1. The Bertz CT molecular complexity index is 610. The van der Waals surface area contributed by atoms with E-state index in [4.69, 9.17) is 9.47 Å². The van der Waals surface area contributed by atoms with Crippen LogP contribution in [0.5, 0.6) is 0 Å². The molecule has 2 aromatic carbocycles. The number of rotatable bonds is 3. The van der Waals surface area contributed by atoms with Crippen molar-refractivity contribution >= 4 is 31.9 Å². The number of halogens is 2. The molecule has 0 N–H and O–H groups in total. The molecule has 3 rings (SSSR count). The average Bonchev–Trinajstić information content (AvgIpc) is 2.94. The Balaban J connectivity index is 1.85. The van der Waals surface area contributed by atoms with Gasteiger partial charge in [0, 0.05) is 10.0 Å². The molecular weight excluding hydrogens is 396 g/mol. The highest BCUT2D eigenvalue weighted by molar-refractivity contribution is 9.10. The van der Waals surface area contributed by atoms with Crippen molar-refractivity contribution in [1.82, 2.24) is 0 Å². The number of aryl methyl sites for hydroxylation is 1. The Hall–Kier alpha value is -0.680. The number of alkyl halides is 1. The van der Waals surface area contributed by atoms with Crippen molar-refractivity contribution in [3.8, 4) is 0 Å². The molecule has 1 saturated heterocycles. The van der Waals surface area contributed by atoms with Crippen molar-refractivity contribution in [2.45, 2.75) is 18.8 Å². The van der Waals surface area contributed by atoms with Crippen LogP contribution in [0.4, 0.5) is 0 Å². The molecule has 0 unspecified atom stereocenters. The van der Waals surface area contributed by atoms with Crippen LogP contribution < -0.4 is 0 Å². The summed E-state index contributed by atoms with van der Waals surface area (Å²) in [6, 6.07) is 16.5. The fourth-order valence-electron chi connectivity index (χ4n) is 2.46. The zero-order valence-electron chi connectivity index (χ0n) is 11.7. The van der Waals surface area contributed by atoms with Crippen LogP contribution in [0.3, 0.4) is 0 Å². The summed E-state index contributed by atoms with van der Waals surface area (Å²) in [5.74, 6) is -0.703. The van der Waals surface area contributed by atoms with E-state index in [0.29, 0.717) is 11.9 Å². The fourth-order valence-corrected chi connectivity index (χ4v) is 3.34. The molecule has 0 bridgehead atoms. The minimum absolute atomic E-state index is 0.0445. The van der Waals surface area contributed by atoms with E-state index in [2.05, 4.69) is 75.2 Å². The molecule has 2 nitrogen and oxygen atoms in total. The third kappa shape index (κ3) is 3.09. The Morgan fingerprint density at radius 2 is 1.76 bits per heavy atom. The van der Waals surface area contributed by atoms with Gasteiger partial charge in [0.25, 0.3) is 0 Å². The second-order valence-corrected chi connectivity index (χ2v) is 6.70. The first-order valence-electron chi connectivity index (χ1n) is 6.83. The Kier molecular flexibility index (Phi) is 4.50. The summed E-state index contributed by atoms with van der Waals surface area (Å²) in [6.45, 7) is 2.63. The van der Waals surface area contributed by atoms with E-state index in [-0.39, 0.29) is 6.10 Å². The second kappa shape index (κ2) is 6.21. The molecule has 21 heavy (non-hydrogen) atoms. The van der Waals surface area contributed by atoms with Crippen LogP contribution in [0, 0.1) is 6.92 Å². The summed E-state index contributed by atoms with van der Waals surface area (Å²) in [4.78, 5) is 0. The molecule has 0 aliphatic carbocycles. The van der Waals surface area contributed by atoms with Gasteiger partial charge in [0.15, 0.2) is 0 Å². The maximum atomic E-state index is 6.27. The third-order valence-electron chi connectivity index (χ3n) is 3.71. The summed E-state index contributed by atoms with van der Waals surface area (Å²) in [6.07, 6.45) is -0.0445. The van der Waals surface area contributed by atoms with Crippen LogP contribution in [0.1, 0.15) is 22.8 Å². The lowest BCUT2D eigenvalue weighted by molar-refractivity contribution is -0.157. The summed E-state index contributed by atoms with van der Waals surface area (Å²) in [7, 11) is 0. The summed E-state index contributed by atoms with van der Waals surface area (Å²) >= 11 is 7.00. The lowest BCUT2D eigenvalue weighted by Gasteiger charge is -2.26. The fraction of sp³-hybridized carbons (Fsp3) is 0.294. The molecule has 1 aliphatic rings. The maximum Gasteiger partial charge on any atom is 0.205 e. The molecule has 2 atom stereocenters. The highest BCUT2D eigenvalue weighted by atomic mass is 79.9. The first-order chi connectivity index (χ1) is 10.1. The number of benzene rings is 2. The van der Waals surface area contributed by atoms with Gasteiger partial charge < -0.3 is 9.47 Å². The van der Waals surface area contributed by atoms with Crippen molar-refractivity contribution in [2.24, 2.45) is 0 Å². The molecular formula is C17H16Br2O2. The standard InChI is InChI=1S/C17H16Br2O2/c1-12-2-6-14(7-3-12)17(11-18)20-10-16(21-17)13-4-8-15(19)9-5-13/h2-9,16H,10-11H2,1H3/t16-,17+/m1/s1. The minimum atomic E-state index is -0.703. The lowest BCUT2D eigenvalue weighted by atomic mass is 10.1. The zero-order chi connectivity index (χ0) is 14.9. The maximum absolute atomic E-state index is 6.27. The van der Waals surface area contributed by atoms with Crippen LogP contribution in [-0.4, -0.2) is 11.9 Å². The first-order valence-corrected chi connectivity index (χ1v) is 8.75. The molecule has 0 saturated carbocycles. The lowest BCUT2D eigenvalue weighted by Crippen LogP contribution is -2.29. The molecule has 110 valence electrons. The molecule has 0 aromatic heterocycles. The van der Waals surface area contributed by atoms with Crippen molar-refractivity contribution < 1.29 is 9.47 Å². The van der Waals surface area contributed by atoms with E-state index >= 15 is 0 Å². The number of hydrogen-bond acceptors (Lipinski definition) is 2. The Labute approximate surface area is 141 Å². The molecule has 2 aromatic rings. The molecule has 1 heterocycles. The third-order valence-corrected chi connectivity index (χ3v) is 4.98. The van der Waals surface area contributed by atoms with Gasteiger partial charge in [-0.1, -0.05) is 73.8 Å². The summed E-state index contributed by atoms with van der Waals surface area (Å²) in [5.41, 5.74) is 3.41. The normalized spacial score (nSPS) is 25.2. The highest BCUT2D eigenvalue weighted by Gasteiger charge is 2.42. The topological polar surface area (TPSA) is 18.5 Å². The van der Waals surface area contributed by atoms with Gasteiger partial charge >= 0.3 is 0 Å². The highest BCUT2D eigenvalue weighted by Crippen LogP contribution is 2.41. The van der Waals surface area contributed by atoms with Crippen LogP contribution in [0.25, 0.3) is 0 Å². The molecule has 4 heteroatoms. The van der Waals surface area contributed by atoms with Crippen molar-refractivity contribution in [3.63, 3.8) is 0 Å². The van der Waals surface area contributed by atoms with Crippen molar-refractivity contribution in [1.29, 1.82) is 0 Å². The predicted octanol–water partition coefficient (Wildman–Crippen LogP) is 5.09. The van der Waals surface area contributed by atoms with Crippen molar-refractivity contribution in [3.05, 3.63) is 69.7 Å². The van der Waals surface area contributed by atoms with Gasteiger partial charge in [-0.15, -0.1) is 0 Å². The molecule has 0 radical (unpaired) electrons. The van der Waals surface area contributed by atoms with Gasteiger partial charge in [-0.2, -0.15) is 0 Å². The van der Waals surface area contributed by atoms with E-state index < -0.39 is 5.79 Å². The van der Waals surface area contributed by atoms with E-state index in [9.17, 15) is 0 Å². The molecule has 0 amide bonds. The van der Waals surface area contributed by atoms with Crippen LogP contribution in [0.2, 0.25) is 0 Å². The summed E-state index contributed by atoms with van der Waals surface area (Å²) in [5, 5.41) is 0.607. The second-order valence-electron chi connectivity index (χ2n) is 5.22. The Morgan fingerprint density at radius 1 is 1.10 bits per heavy atom. The largest absolute Gasteiger partial charge is 0.342 e. The molecule has 1 aliphatic heterocycles. The monoisotopic (exact) mass is 410 g/mol. The smallest absolute Gasteiger partial charge is 0.205 e. The van der Waals surface area contributed by atoms with Gasteiger partial charge in [-0.3, -0.25) is 0 Å². The van der Waals surface area contributed by atoms with Gasteiger partial charge in [-0.05, 0) is 24.6 Å². The predicted molar refractivity (Wildman–Crippen MR) is 90.6 cm³/mol. The van der Waals surface area contributed by atoms with Crippen molar-refractivity contribution in [2.75, 3.05) is 11.9 Å². The minimum Gasteiger partial charge on any atom is -0.342 e. The van der Waals surface area contributed by atoms with E-state index in [1.54, 1.807) is 0 Å². The zero-order valence-corrected chi connectivity index (χ0v) is 14.9. The average molecular weight is 412 g/mol. The van der Waals surface area contributed by atoms with Crippen LogP contribution in [0.15, 0.2) is 53.0 Å². The van der Waals surface area contributed by atoms with E-state index in [1.165, 1.54) is 5.56 Å². The van der Waals surface area contributed by atoms with E-state index in [1.807, 2.05) is 12.1 Å².